The predicted octanol–water partition coefficient (Wildman–Crippen LogP) is -0.729. The van der Waals surface area contributed by atoms with Crippen LogP contribution >= 0.6 is 0 Å². The average molecular weight is 184 g/mol. The number of carbonyl (C=O) groups is 3. The number of ether oxygens (including phenoxy) is 1. The van der Waals surface area contributed by atoms with Crippen molar-refractivity contribution in [2.75, 3.05) is 0 Å². The highest BCUT2D eigenvalue weighted by Crippen LogP contribution is 2.05. The van der Waals surface area contributed by atoms with Gasteiger partial charge in [0.2, 0.25) is 5.91 Å². The van der Waals surface area contributed by atoms with Crippen molar-refractivity contribution in [1.29, 1.82) is 0 Å². The molecule has 0 spiro atoms. The first-order valence-corrected chi connectivity index (χ1v) is 3.55. The molecule has 1 aliphatic heterocycles. The van der Waals surface area contributed by atoms with Crippen molar-refractivity contribution < 1.29 is 19.1 Å². The second-order valence-electron chi connectivity index (χ2n) is 2.36. The molecule has 6 nitrogen and oxygen atoms in total. The third-order valence-electron chi connectivity index (χ3n) is 1.40. The van der Waals surface area contributed by atoms with Crippen molar-refractivity contribution in [3.63, 3.8) is 0 Å². The number of hydrogen-bond donors (Lipinski definition) is 2. The van der Waals surface area contributed by atoms with Gasteiger partial charge in [-0.15, -0.1) is 0 Å². The Bertz CT molecular complexity index is 274. The van der Waals surface area contributed by atoms with Gasteiger partial charge in [-0.1, -0.05) is 6.58 Å². The number of rotatable bonds is 2. The Labute approximate surface area is 73.9 Å². The Morgan fingerprint density at radius 2 is 2.38 bits per heavy atom. The van der Waals surface area contributed by atoms with Crippen LogP contribution in [0.1, 0.15) is 6.42 Å². The minimum absolute atomic E-state index is 0.122. The number of imide groups is 1. The first-order chi connectivity index (χ1) is 6.13. The maximum Gasteiger partial charge on any atom is 0.411 e. The summed E-state index contributed by atoms with van der Waals surface area (Å²) in [7, 11) is 0. The van der Waals surface area contributed by atoms with Crippen LogP contribution in [0.4, 0.5) is 4.79 Å². The number of nitrogens with one attached hydrogen (secondary N) is 2. The quantitative estimate of drug-likeness (QED) is 0.554. The van der Waals surface area contributed by atoms with E-state index in [2.05, 4.69) is 16.6 Å². The Kier molecular flexibility index (Phi) is 2.63. The van der Waals surface area contributed by atoms with Gasteiger partial charge in [-0.3, -0.25) is 20.2 Å². The molecular formula is C7H8N2O4. The summed E-state index contributed by atoms with van der Waals surface area (Å²) in [6.07, 6.45) is -0.822. The fraction of sp³-hybridized carbons (Fsp3) is 0.286. The van der Waals surface area contributed by atoms with E-state index >= 15 is 0 Å². The first kappa shape index (κ1) is 9.24. The lowest BCUT2D eigenvalue weighted by Crippen LogP contribution is -2.31. The van der Waals surface area contributed by atoms with Gasteiger partial charge in [-0.2, -0.15) is 0 Å². The Morgan fingerprint density at radius 3 is 2.85 bits per heavy atom. The molecule has 0 aliphatic carbocycles. The zero-order valence-electron chi connectivity index (χ0n) is 6.70. The molecule has 1 rings (SSSR count). The summed E-state index contributed by atoms with van der Waals surface area (Å²) in [5, 5.41) is 4.12. The van der Waals surface area contributed by atoms with E-state index in [9.17, 15) is 14.4 Å². The Morgan fingerprint density at radius 1 is 1.69 bits per heavy atom. The fourth-order valence-electron chi connectivity index (χ4n) is 0.872. The van der Waals surface area contributed by atoms with E-state index in [-0.39, 0.29) is 6.42 Å². The van der Waals surface area contributed by atoms with E-state index < -0.39 is 24.0 Å². The highest BCUT2D eigenvalue weighted by molar-refractivity contribution is 6.05. The van der Waals surface area contributed by atoms with Crippen molar-refractivity contribution in [1.82, 2.24) is 10.6 Å². The molecule has 6 heteroatoms. The highest BCUT2D eigenvalue weighted by atomic mass is 16.6. The number of amides is 3. The normalized spacial score (nSPS) is 20.8. The van der Waals surface area contributed by atoms with E-state index in [4.69, 9.17) is 0 Å². The van der Waals surface area contributed by atoms with Gasteiger partial charge < -0.3 is 4.74 Å². The van der Waals surface area contributed by atoms with Gasteiger partial charge in [0, 0.05) is 0 Å². The van der Waals surface area contributed by atoms with Crippen LogP contribution < -0.4 is 10.6 Å². The molecule has 0 aromatic rings. The molecule has 70 valence electrons. The topological polar surface area (TPSA) is 84.5 Å². The van der Waals surface area contributed by atoms with E-state index in [1.807, 2.05) is 5.32 Å². The van der Waals surface area contributed by atoms with Crippen molar-refractivity contribution in [3.05, 3.63) is 12.8 Å². The lowest BCUT2D eigenvalue weighted by molar-refractivity contribution is -0.127. The summed E-state index contributed by atoms with van der Waals surface area (Å²) in [6.45, 7) is 3.23. The maximum atomic E-state index is 10.9. The molecule has 1 heterocycles. The largest absolute Gasteiger partial charge is 0.435 e. The summed E-state index contributed by atoms with van der Waals surface area (Å²) < 4.78 is 4.58. The van der Waals surface area contributed by atoms with E-state index in [1.165, 1.54) is 0 Å². The number of alkyl carbamates (subject to hydrolysis) is 1. The minimum atomic E-state index is -1.02. The standard InChI is InChI=1S/C7H8N2O4/c1-2-8-7(12)13-4-3-5(10)9-6(4)11/h2,4H,1,3H2,(H,8,12)(H,9,10,11). The molecule has 0 bridgehead atoms. The second kappa shape index (κ2) is 3.70. The summed E-state index contributed by atoms with van der Waals surface area (Å²) in [4.78, 5) is 32.3. The Hall–Kier alpha value is -1.85. The average Bonchev–Trinajstić information content (AvgIpc) is 2.30. The van der Waals surface area contributed by atoms with Crippen LogP contribution in [0.25, 0.3) is 0 Å². The monoisotopic (exact) mass is 184 g/mol. The summed E-state index contributed by atoms with van der Waals surface area (Å²) in [5.41, 5.74) is 0. The molecule has 0 radical (unpaired) electrons. The molecule has 2 N–H and O–H groups in total. The molecule has 1 saturated heterocycles. The molecule has 1 unspecified atom stereocenters. The van der Waals surface area contributed by atoms with Crippen LogP contribution in [0.3, 0.4) is 0 Å². The van der Waals surface area contributed by atoms with Gasteiger partial charge in [0.15, 0.2) is 6.10 Å². The molecule has 13 heavy (non-hydrogen) atoms. The fourth-order valence-corrected chi connectivity index (χ4v) is 0.872. The van der Waals surface area contributed by atoms with Gasteiger partial charge >= 0.3 is 6.09 Å². The number of hydrogen-bond acceptors (Lipinski definition) is 4. The van der Waals surface area contributed by atoms with Gasteiger partial charge in [-0.05, 0) is 6.20 Å². The summed E-state index contributed by atoms with van der Waals surface area (Å²) >= 11 is 0. The molecule has 1 fully saturated rings. The van der Waals surface area contributed by atoms with Crippen LogP contribution in [0.15, 0.2) is 12.8 Å². The van der Waals surface area contributed by atoms with Gasteiger partial charge in [0.1, 0.15) is 0 Å². The van der Waals surface area contributed by atoms with Crippen molar-refractivity contribution in [2.24, 2.45) is 0 Å². The van der Waals surface area contributed by atoms with Gasteiger partial charge in [0.25, 0.3) is 5.91 Å². The third kappa shape index (κ3) is 2.29. The summed E-state index contributed by atoms with van der Waals surface area (Å²) in [6, 6.07) is 0. The number of carbonyl (C=O) groups excluding carboxylic acids is 3. The van der Waals surface area contributed by atoms with Crippen LogP contribution in [-0.4, -0.2) is 24.0 Å². The molecule has 1 aliphatic rings. The van der Waals surface area contributed by atoms with Gasteiger partial charge in [0.05, 0.1) is 6.42 Å². The molecule has 0 aromatic heterocycles. The van der Waals surface area contributed by atoms with E-state index in [1.54, 1.807) is 0 Å². The van der Waals surface area contributed by atoms with Crippen molar-refractivity contribution >= 4 is 17.9 Å². The second-order valence-corrected chi connectivity index (χ2v) is 2.36. The third-order valence-corrected chi connectivity index (χ3v) is 1.40. The molecule has 3 amide bonds. The minimum Gasteiger partial charge on any atom is -0.435 e. The van der Waals surface area contributed by atoms with Crippen molar-refractivity contribution in [3.8, 4) is 0 Å². The van der Waals surface area contributed by atoms with Crippen molar-refractivity contribution in [2.45, 2.75) is 12.5 Å². The van der Waals surface area contributed by atoms with Crippen LogP contribution in [0.2, 0.25) is 0 Å². The molecular weight excluding hydrogens is 176 g/mol. The first-order valence-electron chi connectivity index (χ1n) is 3.55. The lowest BCUT2D eigenvalue weighted by atomic mass is 10.3. The van der Waals surface area contributed by atoms with Crippen LogP contribution in [-0.2, 0) is 14.3 Å². The molecule has 0 aromatic carbocycles. The highest BCUT2D eigenvalue weighted by Gasteiger charge is 2.33. The smallest absolute Gasteiger partial charge is 0.411 e. The summed E-state index contributed by atoms with van der Waals surface area (Å²) in [5.74, 6) is -1.04. The predicted molar refractivity (Wildman–Crippen MR) is 41.4 cm³/mol. The Balaban J connectivity index is 2.45. The molecule has 0 saturated carbocycles. The molecule has 1 atom stereocenters. The van der Waals surface area contributed by atoms with Gasteiger partial charge in [-0.25, -0.2) is 4.79 Å². The zero-order chi connectivity index (χ0) is 9.84. The zero-order valence-corrected chi connectivity index (χ0v) is 6.70. The van der Waals surface area contributed by atoms with E-state index in [0.717, 1.165) is 6.20 Å². The lowest BCUT2D eigenvalue weighted by Gasteiger charge is -2.06. The van der Waals surface area contributed by atoms with Crippen LogP contribution in [0, 0.1) is 0 Å². The van der Waals surface area contributed by atoms with Crippen LogP contribution in [0.5, 0.6) is 0 Å². The van der Waals surface area contributed by atoms with E-state index in [0.29, 0.717) is 0 Å². The maximum absolute atomic E-state index is 10.9. The SMILES string of the molecule is C=CNC(=O)OC1CC(=O)NC1=O.